The molecule has 0 aliphatic rings. The normalized spacial score (nSPS) is 13.8. The minimum absolute atomic E-state index is 0.755. The average Bonchev–Trinajstić information content (AvgIpc) is 2.02. The molecule has 0 saturated heterocycles. The summed E-state index contributed by atoms with van der Waals surface area (Å²) in [7, 11) is 0. The zero-order chi connectivity index (χ0) is 9.72. The van der Waals surface area contributed by atoms with Crippen molar-refractivity contribution in [1.29, 1.82) is 0 Å². The van der Waals surface area contributed by atoms with Crippen LogP contribution in [0.4, 0.5) is 0 Å². The number of nitrogens with two attached hydrogens (primary N) is 1. The Hall–Kier alpha value is -1.24. The second-order valence-corrected chi connectivity index (χ2v) is 2.89. The van der Waals surface area contributed by atoms with Gasteiger partial charge in [0.25, 0.3) is 0 Å². The smallest absolute Gasteiger partial charge is 0.0346 e. The van der Waals surface area contributed by atoms with E-state index in [2.05, 4.69) is 13.2 Å². The van der Waals surface area contributed by atoms with Crippen molar-refractivity contribution in [3.63, 3.8) is 0 Å². The largest absolute Gasteiger partial charge is 0.399 e. The second kappa shape index (κ2) is 4.60. The maximum atomic E-state index is 5.76. The number of hydrogen-bond donors (Lipinski definition) is 1. The van der Waals surface area contributed by atoms with Crippen LogP contribution in [-0.2, 0) is 0 Å². The summed E-state index contributed by atoms with van der Waals surface area (Å²) in [6.07, 6.45) is 3.48. The summed E-state index contributed by atoms with van der Waals surface area (Å²) in [5, 5.41) is 0. The maximum Gasteiger partial charge on any atom is 0.0346 e. The van der Waals surface area contributed by atoms with Crippen molar-refractivity contribution in [1.82, 2.24) is 0 Å². The van der Waals surface area contributed by atoms with E-state index in [1.165, 1.54) is 0 Å². The summed E-state index contributed by atoms with van der Waals surface area (Å²) in [5.74, 6) is 0. The van der Waals surface area contributed by atoms with Crippen LogP contribution < -0.4 is 5.73 Å². The molecule has 0 spiro atoms. The van der Waals surface area contributed by atoms with Crippen LogP contribution in [0.25, 0.3) is 0 Å². The van der Waals surface area contributed by atoms with Crippen molar-refractivity contribution in [3.8, 4) is 0 Å². The van der Waals surface area contributed by atoms with Gasteiger partial charge in [0, 0.05) is 5.70 Å². The van der Waals surface area contributed by atoms with Gasteiger partial charge in [-0.25, -0.2) is 0 Å². The maximum absolute atomic E-state index is 5.76. The van der Waals surface area contributed by atoms with Crippen molar-refractivity contribution < 1.29 is 0 Å². The molecule has 0 unspecified atom stereocenters. The van der Waals surface area contributed by atoms with Gasteiger partial charge in [0.05, 0.1) is 0 Å². The summed E-state index contributed by atoms with van der Waals surface area (Å²) in [5.41, 5.74) is 9.78. The lowest BCUT2D eigenvalue weighted by Crippen LogP contribution is -2.00. The molecule has 0 atom stereocenters. The predicted octanol–water partition coefficient (Wildman–Crippen LogP) is 2.93. The number of hydrogen-bond acceptors (Lipinski definition) is 1. The van der Waals surface area contributed by atoms with Gasteiger partial charge in [0.1, 0.15) is 0 Å². The van der Waals surface area contributed by atoms with Crippen LogP contribution in [0.15, 0.2) is 47.7 Å². The second-order valence-electron chi connectivity index (χ2n) is 2.89. The Bertz CT molecular complexity index is 254. The molecule has 0 saturated carbocycles. The fraction of sp³-hybridized carbons (Fsp3) is 0.273. The summed E-state index contributed by atoms with van der Waals surface area (Å²) in [6.45, 7) is 13.4. The lowest BCUT2D eigenvalue weighted by atomic mass is 10.0. The third-order valence-electron chi connectivity index (χ3n) is 1.93. The van der Waals surface area contributed by atoms with Crippen molar-refractivity contribution in [2.24, 2.45) is 5.73 Å². The molecule has 0 aromatic carbocycles. The molecule has 0 rings (SSSR count). The van der Waals surface area contributed by atoms with Gasteiger partial charge in [-0.05, 0) is 38.0 Å². The highest BCUT2D eigenvalue weighted by Crippen LogP contribution is 2.15. The molecule has 66 valence electrons. The third-order valence-corrected chi connectivity index (χ3v) is 1.93. The standard InChI is InChI=1S/C11H17N/c1-6-7-11(12)10(5)9(4)8(2)3/h6-7H,1-2,12H2,3-5H3/b10-9-,11-7-. The van der Waals surface area contributed by atoms with Crippen LogP contribution in [0.1, 0.15) is 20.8 Å². The first-order valence-electron chi connectivity index (χ1n) is 3.92. The highest BCUT2D eigenvalue weighted by atomic mass is 14.6. The molecular formula is C11H17N. The Morgan fingerprint density at radius 1 is 1.17 bits per heavy atom. The molecule has 2 N–H and O–H groups in total. The fourth-order valence-electron chi connectivity index (χ4n) is 0.789. The van der Waals surface area contributed by atoms with Crippen LogP contribution in [-0.4, -0.2) is 0 Å². The molecule has 0 fully saturated rings. The van der Waals surface area contributed by atoms with E-state index in [1.54, 1.807) is 12.2 Å². The van der Waals surface area contributed by atoms with Crippen molar-refractivity contribution in [2.45, 2.75) is 20.8 Å². The highest BCUT2D eigenvalue weighted by molar-refractivity contribution is 5.40. The molecule has 0 radical (unpaired) electrons. The Morgan fingerprint density at radius 3 is 2.00 bits per heavy atom. The Labute approximate surface area is 75.0 Å². The van der Waals surface area contributed by atoms with Crippen molar-refractivity contribution >= 4 is 0 Å². The third kappa shape index (κ3) is 2.79. The molecule has 12 heavy (non-hydrogen) atoms. The molecule has 0 amide bonds. The molecule has 1 heteroatoms. The molecule has 0 aliphatic carbocycles. The Balaban J connectivity index is 4.90. The van der Waals surface area contributed by atoms with Crippen molar-refractivity contribution in [3.05, 3.63) is 47.7 Å². The van der Waals surface area contributed by atoms with E-state index >= 15 is 0 Å². The summed E-state index contributed by atoms with van der Waals surface area (Å²) < 4.78 is 0. The average molecular weight is 163 g/mol. The summed E-state index contributed by atoms with van der Waals surface area (Å²) in [4.78, 5) is 0. The Kier molecular flexibility index (Phi) is 4.12. The first-order chi connectivity index (χ1) is 5.50. The molecule has 0 aliphatic heterocycles. The fourth-order valence-corrected chi connectivity index (χ4v) is 0.789. The van der Waals surface area contributed by atoms with E-state index in [0.717, 1.165) is 22.4 Å². The quantitative estimate of drug-likeness (QED) is 0.636. The summed E-state index contributed by atoms with van der Waals surface area (Å²) >= 11 is 0. The van der Waals surface area contributed by atoms with E-state index in [4.69, 9.17) is 5.73 Å². The lowest BCUT2D eigenvalue weighted by molar-refractivity contribution is 1.20. The molecule has 0 bridgehead atoms. The predicted molar refractivity (Wildman–Crippen MR) is 55.7 cm³/mol. The first-order valence-corrected chi connectivity index (χ1v) is 3.92. The van der Waals surface area contributed by atoms with E-state index < -0.39 is 0 Å². The number of rotatable bonds is 3. The molecule has 0 aromatic rings. The van der Waals surface area contributed by atoms with Crippen LogP contribution in [0.3, 0.4) is 0 Å². The van der Waals surface area contributed by atoms with Gasteiger partial charge in [-0.1, -0.05) is 24.8 Å². The van der Waals surface area contributed by atoms with Crippen LogP contribution >= 0.6 is 0 Å². The van der Waals surface area contributed by atoms with E-state index in [-0.39, 0.29) is 0 Å². The lowest BCUT2D eigenvalue weighted by Gasteiger charge is -2.06. The van der Waals surface area contributed by atoms with E-state index in [0.29, 0.717) is 0 Å². The molecule has 0 heterocycles. The minimum atomic E-state index is 0.755. The van der Waals surface area contributed by atoms with Gasteiger partial charge >= 0.3 is 0 Å². The topological polar surface area (TPSA) is 26.0 Å². The Morgan fingerprint density at radius 2 is 1.67 bits per heavy atom. The van der Waals surface area contributed by atoms with E-state index in [9.17, 15) is 0 Å². The number of allylic oxidation sites excluding steroid dienone is 5. The van der Waals surface area contributed by atoms with Gasteiger partial charge in [0.15, 0.2) is 0 Å². The van der Waals surface area contributed by atoms with Crippen LogP contribution in [0.2, 0.25) is 0 Å². The zero-order valence-corrected chi connectivity index (χ0v) is 8.15. The zero-order valence-electron chi connectivity index (χ0n) is 8.15. The molecular weight excluding hydrogens is 146 g/mol. The van der Waals surface area contributed by atoms with Crippen LogP contribution in [0, 0.1) is 0 Å². The van der Waals surface area contributed by atoms with Gasteiger partial charge < -0.3 is 5.73 Å². The molecule has 0 aromatic heterocycles. The summed E-state index contributed by atoms with van der Waals surface area (Å²) in [6, 6.07) is 0. The monoisotopic (exact) mass is 163 g/mol. The minimum Gasteiger partial charge on any atom is -0.399 e. The SMILES string of the molecule is C=C/C=C(N)/C(C)=C(/C)C(=C)C. The van der Waals surface area contributed by atoms with Gasteiger partial charge in [-0.15, -0.1) is 0 Å². The molecule has 1 nitrogen and oxygen atoms in total. The van der Waals surface area contributed by atoms with Crippen molar-refractivity contribution in [2.75, 3.05) is 0 Å². The van der Waals surface area contributed by atoms with Gasteiger partial charge in [-0.3, -0.25) is 0 Å². The van der Waals surface area contributed by atoms with Gasteiger partial charge in [0.2, 0.25) is 0 Å². The highest BCUT2D eigenvalue weighted by Gasteiger charge is 1.98. The van der Waals surface area contributed by atoms with Crippen LogP contribution in [0.5, 0.6) is 0 Å². The first kappa shape index (κ1) is 10.8. The van der Waals surface area contributed by atoms with E-state index in [1.807, 2.05) is 20.8 Å². The van der Waals surface area contributed by atoms with Gasteiger partial charge in [-0.2, -0.15) is 0 Å².